The van der Waals surface area contributed by atoms with Gasteiger partial charge in [-0.3, -0.25) is 9.59 Å². The van der Waals surface area contributed by atoms with Gasteiger partial charge in [-0.15, -0.1) is 11.8 Å². The van der Waals surface area contributed by atoms with Gasteiger partial charge in [-0.1, -0.05) is 41.9 Å². The zero-order chi connectivity index (χ0) is 20.7. The van der Waals surface area contributed by atoms with E-state index < -0.39 is 0 Å². The number of carbonyl (C=O) groups excluding carboxylic acids is 1. The van der Waals surface area contributed by atoms with Crippen LogP contribution in [0.1, 0.15) is 32.6 Å². The summed E-state index contributed by atoms with van der Waals surface area (Å²) in [6.45, 7) is 1.91. The van der Waals surface area contributed by atoms with Crippen LogP contribution < -0.4 is 5.43 Å². The highest BCUT2D eigenvalue weighted by Crippen LogP contribution is 2.45. The van der Waals surface area contributed by atoms with E-state index in [0.29, 0.717) is 11.4 Å². The van der Waals surface area contributed by atoms with E-state index in [2.05, 4.69) is 10.6 Å². The third kappa shape index (κ3) is 3.49. The highest BCUT2D eigenvalue weighted by molar-refractivity contribution is 7.99. The Morgan fingerprint density at radius 3 is 2.55 bits per heavy atom. The van der Waals surface area contributed by atoms with Crippen molar-refractivity contribution in [2.24, 2.45) is 0 Å². The second-order valence-electron chi connectivity index (χ2n) is 7.31. The monoisotopic (exact) mass is 424 g/mol. The van der Waals surface area contributed by atoms with Gasteiger partial charge in [0, 0.05) is 53.1 Å². The SMILES string of the molecule is Cc1cc(=O)c(C(=O)N(C)C)c2n1-c1ccccc1S[C@@H](c1ccccc1Cl)C2. The van der Waals surface area contributed by atoms with Crippen LogP contribution in [0.2, 0.25) is 5.02 Å². The third-order valence-corrected chi connectivity index (χ3v) is 6.77. The van der Waals surface area contributed by atoms with E-state index in [9.17, 15) is 9.59 Å². The number of hydrogen-bond acceptors (Lipinski definition) is 3. The summed E-state index contributed by atoms with van der Waals surface area (Å²) in [5, 5.41) is 0.667. The Balaban J connectivity index is 2.04. The van der Waals surface area contributed by atoms with Crippen molar-refractivity contribution in [3.63, 3.8) is 0 Å². The smallest absolute Gasteiger partial charge is 0.259 e. The predicted molar refractivity (Wildman–Crippen MR) is 119 cm³/mol. The Kier molecular flexibility index (Phi) is 5.28. The van der Waals surface area contributed by atoms with Crippen molar-refractivity contribution < 1.29 is 4.79 Å². The van der Waals surface area contributed by atoms with Gasteiger partial charge in [0.05, 0.1) is 5.69 Å². The van der Waals surface area contributed by atoms with Gasteiger partial charge in [0.15, 0.2) is 5.43 Å². The molecule has 29 heavy (non-hydrogen) atoms. The molecule has 0 unspecified atom stereocenters. The van der Waals surface area contributed by atoms with Gasteiger partial charge in [-0.25, -0.2) is 0 Å². The van der Waals surface area contributed by atoms with Crippen LogP contribution in [0.3, 0.4) is 0 Å². The minimum atomic E-state index is -0.277. The Bertz CT molecular complexity index is 1170. The average molecular weight is 425 g/mol. The highest BCUT2D eigenvalue weighted by Gasteiger charge is 2.30. The molecule has 2 aromatic carbocycles. The lowest BCUT2D eigenvalue weighted by Crippen LogP contribution is -2.32. The molecule has 0 fully saturated rings. The number of aryl methyl sites for hydroxylation is 1. The second-order valence-corrected chi connectivity index (χ2v) is 8.96. The van der Waals surface area contributed by atoms with E-state index >= 15 is 0 Å². The quantitative estimate of drug-likeness (QED) is 0.588. The van der Waals surface area contributed by atoms with Crippen LogP contribution in [0.15, 0.2) is 64.3 Å². The number of halogens is 1. The fourth-order valence-corrected chi connectivity index (χ4v) is 5.45. The summed E-state index contributed by atoms with van der Waals surface area (Å²) in [6.07, 6.45) is 0.523. The largest absolute Gasteiger partial charge is 0.345 e. The van der Waals surface area contributed by atoms with Gasteiger partial charge in [-0.05, 0) is 30.7 Å². The van der Waals surface area contributed by atoms with Crippen LogP contribution >= 0.6 is 23.4 Å². The number of thioether (sulfide) groups is 1. The number of pyridine rings is 1. The first-order valence-corrected chi connectivity index (χ1v) is 10.6. The molecule has 2 heterocycles. The number of para-hydroxylation sites is 1. The summed E-state index contributed by atoms with van der Waals surface area (Å²) < 4.78 is 2.05. The lowest BCUT2D eigenvalue weighted by Gasteiger charge is -2.21. The van der Waals surface area contributed by atoms with E-state index in [-0.39, 0.29) is 22.1 Å². The molecule has 1 aliphatic rings. The van der Waals surface area contributed by atoms with E-state index in [1.165, 1.54) is 4.90 Å². The minimum absolute atomic E-state index is 0.0199. The molecule has 0 saturated heterocycles. The Labute approximate surface area is 179 Å². The molecule has 1 amide bonds. The van der Waals surface area contributed by atoms with Crippen molar-refractivity contribution >= 4 is 29.3 Å². The third-order valence-electron chi connectivity index (χ3n) is 5.12. The molecule has 1 aromatic heterocycles. The van der Waals surface area contributed by atoms with Gasteiger partial charge < -0.3 is 9.47 Å². The summed E-state index contributed by atoms with van der Waals surface area (Å²) in [5.74, 6) is -0.277. The molecule has 0 aliphatic carbocycles. The van der Waals surface area contributed by atoms with Crippen molar-refractivity contribution in [2.75, 3.05) is 14.1 Å². The molecule has 0 bridgehead atoms. The molecular weight excluding hydrogens is 404 g/mol. The number of benzene rings is 2. The molecule has 0 N–H and O–H groups in total. The summed E-state index contributed by atoms with van der Waals surface area (Å²) in [5.41, 5.74) is 3.51. The van der Waals surface area contributed by atoms with E-state index in [4.69, 9.17) is 11.6 Å². The Morgan fingerprint density at radius 2 is 1.83 bits per heavy atom. The predicted octanol–water partition coefficient (Wildman–Crippen LogP) is 4.89. The fourth-order valence-electron chi connectivity index (χ4n) is 3.80. The van der Waals surface area contributed by atoms with Crippen LogP contribution in [0.25, 0.3) is 5.69 Å². The van der Waals surface area contributed by atoms with Crippen LogP contribution in [0, 0.1) is 6.92 Å². The number of carbonyl (C=O) groups is 1. The van der Waals surface area contributed by atoms with Crippen molar-refractivity contribution in [3.05, 3.63) is 92.4 Å². The lowest BCUT2D eigenvalue weighted by atomic mass is 10.0. The van der Waals surface area contributed by atoms with Gasteiger partial charge in [-0.2, -0.15) is 0 Å². The first-order chi connectivity index (χ1) is 13.9. The normalized spacial score (nSPS) is 15.2. The summed E-state index contributed by atoms with van der Waals surface area (Å²) in [6, 6.07) is 17.4. The number of amides is 1. The number of fused-ring (bicyclic) bond motifs is 3. The standard InChI is InChI=1S/C23H21ClN2O2S/c1-14-12-19(27)22(23(28)25(2)3)18-13-21(15-8-4-5-9-16(15)24)29-20-11-7-6-10-17(20)26(14)18/h4-12,21H,13H2,1-3H3/t21-/m1/s1. The molecular formula is C23H21ClN2O2S. The van der Waals surface area contributed by atoms with Crippen molar-refractivity contribution in [2.45, 2.75) is 23.5 Å². The van der Waals surface area contributed by atoms with Gasteiger partial charge >= 0.3 is 0 Å². The molecule has 148 valence electrons. The Hall–Kier alpha value is -2.50. The number of nitrogens with zero attached hydrogens (tertiary/aromatic N) is 2. The maximum absolute atomic E-state index is 13.0. The van der Waals surface area contributed by atoms with Crippen LogP contribution in [-0.4, -0.2) is 29.5 Å². The summed E-state index contributed by atoms with van der Waals surface area (Å²) in [7, 11) is 3.34. The number of hydrogen-bond donors (Lipinski definition) is 0. The molecule has 1 aliphatic heterocycles. The zero-order valence-electron chi connectivity index (χ0n) is 16.5. The van der Waals surface area contributed by atoms with Crippen LogP contribution in [-0.2, 0) is 6.42 Å². The van der Waals surface area contributed by atoms with Gasteiger partial charge in [0.25, 0.3) is 5.91 Å². The first kappa shape index (κ1) is 19.8. The number of rotatable bonds is 2. The zero-order valence-corrected chi connectivity index (χ0v) is 18.1. The van der Waals surface area contributed by atoms with E-state index in [1.54, 1.807) is 31.9 Å². The summed E-state index contributed by atoms with van der Waals surface area (Å²) >= 11 is 8.24. The molecule has 4 nitrogen and oxygen atoms in total. The average Bonchev–Trinajstić information content (AvgIpc) is 2.85. The molecule has 0 saturated carbocycles. The molecule has 6 heteroatoms. The fraction of sp³-hybridized carbons (Fsp3) is 0.217. The maximum Gasteiger partial charge on any atom is 0.259 e. The van der Waals surface area contributed by atoms with Gasteiger partial charge in [0.2, 0.25) is 0 Å². The first-order valence-electron chi connectivity index (χ1n) is 9.36. The van der Waals surface area contributed by atoms with Gasteiger partial charge in [0.1, 0.15) is 5.56 Å². The molecule has 4 rings (SSSR count). The van der Waals surface area contributed by atoms with Crippen LogP contribution in [0.4, 0.5) is 0 Å². The van der Waals surface area contributed by atoms with Crippen molar-refractivity contribution in [3.8, 4) is 5.69 Å². The minimum Gasteiger partial charge on any atom is -0.345 e. The second kappa shape index (κ2) is 7.73. The molecule has 0 spiro atoms. The van der Waals surface area contributed by atoms with Crippen molar-refractivity contribution in [1.29, 1.82) is 0 Å². The van der Waals surface area contributed by atoms with Crippen molar-refractivity contribution in [1.82, 2.24) is 9.47 Å². The molecule has 0 radical (unpaired) electrons. The highest BCUT2D eigenvalue weighted by atomic mass is 35.5. The van der Waals surface area contributed by atoms with E-state index in [0.717, 1.165) is 27.5 Å². The van der Waals surface area contributed by atoms with E-state index in [1.807, 2.05) is 49.4 Å². The Morgan fingerprint density at radius 1 is 1.14 bits per heavy atom. The lowest BCUT2D eigenvalue weighted by molar-refractivity contribution is 0.0824. The topological polar surface area (TPSA) is 42.3 Å². The molecule has 3 aromatic rings. The molecule has 1 atom stereocenters. The van der Waals surface area contributed by atoms with Crippen LogP contribution in [0.5, 0.6) is 0 Å². The summed E-state index contributed by atoms with van der Waals surface area (Å²) in [4.78, 5) is 28.4. The number of aromatic nitrogens is 1. The maximum atomic E-state index is 13.0.